The van der Waals surface area contributed by atoms with E-state index in [0.29, 0.717) is 33.3 Å². The van der Waals surface area contributed by atoms with Crippen molar-refractivity contribution in [2.45, 2.75) is 24.3 Å². The van der Waals surface area contributed by atoms with Crippen LogP contribution in [0.3, 0.4) is 0 Å². The normalized spacial score (nSPS) is 13.1. The molecule has 3 aromatic carbocycles. The van der Waals surface area contributed by atoms with E-state index in [-0.39, 0.29) is 6.61 Å². The summed E-state index contributed by atoms with van der Waals surface area (Å²) in [5, 5.41) is 11.2. The topological polar surface area (TPSA) is 114 Å². The van der Waals surface area contributed by atoms with Gasteiger partial charge in [0.2, 0.25) is 11.7 Å². The summed E-state index contributed by atoms with van der Waals surface area (Å²) in [5.41, 5.74) is -0.777. The first kappa shape index (κ1) is 28.5. The van der Waals surface area contributed by atoms with Gasteiger partial charge in [-0.1, -0.05) is 36.0 Å². The summed E-state index contributed by atoms with van der Waals surface area (Å²) in [6.07, 6.45) is 0. The van der Waals surface area contributed by atoms with Crippen LogP contribution < -0.4 is 14.2 Å². The average molecular weight is 540 g/mol. The Kier molecular flexibility index (Phi) is 9.72. The molecule has 0 amide bonds. The average Bonchev–Trinajstić information content (AvgIpc) is 2.94. The van der Waals surface area contributed by atoms with Crippen molar-refractivity contribution in [3.63, 3.8) is 0 Å². The minimum atomic E-state index is -1.89. The highest BCUT2D eigenvalue weighted by Crippen LogP contribution is 2.43. The molecule has 0 bridgehead atoms. The van der Waals surface area contributed by atoms with E-state index >= 15 is 0 Å². The number of thioether (sulfide) groups is 1. The molecule has 0 aromatic heterocycles. The minimum absolute atomic E-state index is 0.118. The molecule has 0 aliphatic heterocycles. The van der Waals surface area contributed by atoms with E-state index in [4.69, 9.17) is 18.9 Å². The van der Waals surface area contributed by atoms with Crippen molar-refractivity contribution in [3.05, 3.63) is 94.0 Å². The van der Waals surface area contributed by atoms with E-state index in [1.807, 2.05) is 0 Å². The monoisotopic (exact) mass is 539 g/mol. The van der Waals surface area contributed by atoms with Gasteiger partial charge in [-0.3, -0.25) is 19.7 Å². The third-order valence-corrected chi connectivity index (χ3v) is 7.31. The van der Waals surface area contributed by atoms with Gasteiger partial charge in [0.05, 0.1) is 27.2 Å². The molecule has 3 aromatic rings. The first-order valence-corrected chi connectivity index (χ1v) is 12.4. The van der Waals surface area contributed by atoms with Crippen molar-refractivity contribution in [3.8, 4) is 17.2 Å². The molecule has 2 atom stereocenters. The van der Waals surface area contributed by atoms with Crippen LogP contribution in [0.25, 0.3) is 0 Å². The van der Waals surface area contributed by atoms with Gasteiger partial charge in [-0.2, -0.15) is 0 Å². The molecular weight excluding hydrogens is 510 g/mol. The number of esters is 1. The van der Waals surface area contributed by atoms with Crippen LogP contribution in [0.15, 0.2) is 77.7 Å². The SMILES string of the molecule is COc1ccc(COC(=O)C(C)(C(=O)Sc2ccc(OC)cc2)C(C[N+](=O)[O-])c2ccc(OC)cc2)cc1. The summed E-state index contributed by atoms with van der Waals surface area (Å²) < 4.78 is 21.1. The van der Waals surface area contributed by atoms with Crippen molar-refractivity contribution in [2.75, 3.05) is 27.9 Å². The Morgan fingerprint density at radius 2 is 1.32 bits per heavy atom. The van der Waals surface area contributed by atoms with Crippen LogP contribution in [0.5, 0.6) is 17.2 Å². The molecule has 0 aliphatic rings. The van der Waals surface area contributed by atoms with Crippen LogP contribution in [-0.4, -0.2) is 43.9 Å². The summed E-state index contributed by atoms with van der Waals surface area (Å²) in [5.74, 6) is -0.183. The van der Waals surface area contributed by atoms with E-state index in [1.165, 1.54) is 21.1 Å². The molecule has 0 aliphatic carbocycles. The summed E-state index contributed by atoms with van der Waals surface area (Å²) >= 11 is 0.823. The van der Waals surface area contributed by atoms with Gasteiger partial charge in [0, 0.05) is 9.82 Å². The lowest BCUT2D eigenvalue weighted by Crippen LogP contribution is -2.44. The Hall–Kier alpha value is -4.05. The Morgan fingerprint density at radius 1 is 0.842 bits per heavy atom. The Bertz CT molecular complexity index is 1250. The lowest BCUT2D eigenvalue weighted by molar-refractivity contribution is -0.485. The van der Waals surface area contributed by atoms with Gasteiger partial charge >= 0.3 is 5.97 Å². The van der Waals surface area contributed by atoms with E-state index < -0.39 is 33.9 Å². The van der Waals surface area contributed by atoms with Gasteiger partial charge in [0.25, 0.3) is 0 Å². The summed E-state index contributed by atoms with van der Waals surface area (Å²) in [7, 11) is 4.57. The predicted octanol–water partition coefficient (Wildman–Crippen LogP) is 5.14. The van der Waals surface area contributed by atoms with Crippen LogP contribution >= 0.6 is 11.8 Å². The molecule has 0 heterocycles. The molecule has 9 nitrogen and oxygen atoms in total. The molecule has 0 saturated carbocycles. The lowest BCUT2D eigenvalue weighted by atomic mass is 9.74. The van der Waals surface area contributed by atoms with Crippen LogP contribution in [0.1, 0.15) is 24.0 Å². The van der Waals surface area contributed by atoms with Crippen LogP contribution in [0.2, 0.25) is 0 Å². The number of carbonyl (C=O) groups excluding carboxylic acids is 2. The Balaban J connectivity index is 1.98. The fourth-order valence-electron chi connectivity index (χ4n) is 3.85. The molecule has 0 spiro atoms. The maximum absolute atomic E-state index is 13.8. The zero-order chi connectivity index (χ0) is 27.7. The van der Waals surface area contributed by atoms with Gasteiger partial charge in [0.15, 0.2) is 0 Å². The molecule has 2 unspecified atom stereocenters. The van der Waals surface area contributed by atoms with Crippen LogP contribution in [0, 0.1) is 15.5 Å². The number of hydrogen-bond acceptors (Lipinski definition) is 9. The third-order valence-electron chi connectivity index (χ3n) is 6.19. The summed E-state index contributed by atoms with van der Waals surface area (Å²) in [6, 6.07) is 20.1. The first-order chi connectivity index (χ1) is 18.2. The van der Waals surface area contributed by atoms with Crippen LogP contribution in [0.4, 0.5) is 0 Å². The standard InChI is InChI=1S/C28H29NO8S/c1-28(27(31)38-24-15-13-23(36-4)14-16-24,26(30)37-18-19-5-9-21(34-2)10-6-19)25(17-29(32)33)20-7-11-22(35-3)12-8-20/h5-16,25H,17-18H2,1-4H3. The molecule has 38 heavy (non-hydrogen) atoms. The zero-order valence-electron chi connectivity index (χ0n) is 21.5. The van der Waals surface area contributed by atoms with E-state index in [1.54, 1.807) is 79.9 Å². The van der Waals surface area contributed by atoms with Crippen LogP contribution in [-0.2, 0) is 20.9 Å². The van der Waals surface area contributed by atoms with E-state index in [2.05, 4.69) is 0 Å². The highest BCUT2D eigenvalue weighted by atomic mass is 32.2. The molecule has 0 fully saturated rings. The number of nitro groups is 1. The number of methoxy groups -OCH3 is 3. The lowest BCUT2D eigenvalue weighted by Gasteiger charge is -2.32. The molecule has 200 valence electrons. The number of ether oxygens (including phenoxy) is 4. The van der Waals surface area contributed by atoms with Gasteiger partial charge in [-0.05, 0) is 66.6 Å². The molecule has 10 heteroatoms. The number of nitrogens with zero attached hydrogens (tertiary/aromatic N) is 1. The van der Waals surface area contributed by atoms with Crippen molar-refractivity contribution in [1.82, 2.24) is 0 Å². The van der Waals surface area contributed by atoms with Crippen molar-refractivity contribution < 1.29 is 33.5 Å². The fourth-order valence-corrected chi connectivity index (χ4v) is 4.78. The molecular formula is C28H29NO8S. The van der Waals surface area contributed by atoms with Gasteiger partial charge in [-0.15, -0.1) is 0 Å². The van der Waals surface area contributed by atoms with Crippen molar-refractivity contribution >= 4 is 22.8 Å². The smallest absolute Gasteiger partial charge is 0.321 e. The minimum Gasteiger partial charge on any atom is -0.497 e. The molecule has 0 saturated heterocycles. The number of rotatable bonds is 12. The second-order valence-electron chi connectivity index (χ2n) is 8.53. The summed E-state index contributed by atoms with van der Waals surface area (Å²) in [6.45, 7) is 0.628. The number of benzene rings is 3. The van der Waals surface area contributed by atoms with Gasteiger partial charge in [-0.25, -0.2) is 0 Å². The maximum Gasteiger partial charge on any atom is 0.321 e. The fraction of sp³-hybridized carbons (Fsp3) is 0.286. The van der Waals surface area contributed by atoms with Gasteiger partial charge < -0.3 is 18.9 Å². The maximum atomic E-state index is 13.8. The summed E-state index contributed by atoms with van der Waals surface area (Å²) in [4.78, 5) is 39.3. The molecule has 0 radical (unpaired) electrons. The van der Waals surface area contributed by atoms with Crippen molar-refractivity contribution in [1.29, 1.82) is 0 Å². The number of carbonyl (C=O) groups is 2. The highest BCUT2D eigenvalue weighted by Gasteiger charge is 2.52. The van der Waals surface area contributed by atoms with E-state index in [0.717, 1.165) is 11.8 Å². The predicted molar refractivity (Wildman–Crippen MR) is 142 cm³/mol. The number of hydrogen-bond donors (Lipinski definition) is 0. The Labute approximate surface area is 225 Å². The molecule has 0 N–H and O–H groups in total. The van der Waals surface area contributed by atoms with Crippen molar-refractivity contribution in [2.24, 2.45) is 5.41 Å². The largest absolute Gasteiger partial charge is 0.497 e. The van der Waals surface area contributed by atoms with Gasteiger partial charge in [0.1, 0.15) is 29.3 Å². The third kappa shape index (κ3) is 6.83. The second-order valence-corrected chi connectivity index (χ2v) is 9.58. The Morgan fingerprint density at radius 3 is 1.79 bits per heavy atom. The second kappa shape index (κ2) is 13.0. The first-order valence-electron chi connectivity index (χ1n) is 11.6. The highest BCUT2D eigenvalue weighted by molar-refractivity contribution is 8.13. The molecule has 3 rings (SSSR count). The van der Waals surface area contributed by atoms with E-state index in [9.17, 15) is 19.7 Å². The quantitative estimate of drug-likeness (QED) is 0.101. The zero-order valence-corrected chi connectivity index (χ0v) is 22.4.